The van der Waals surface area contributed by atoms with Gasteiger partial charge in [-0.2, -0.15) is 0 Å². The predicted octanol–water partition coefficient (Wildman–Crippen LogP) is 3.00. The predicted molar refractivity (Wildman–Crippen MR) is 94.9 cm³/mol. The normalized spacial score (nSPS) is 16.9. The molecular formula is C18H20ClN3O2. The van der Waals surface area contributed by atoms with Gasteiger partial charge in [-0.3, -0.25) is 9.78 Å². The molecule has 1 aliphatic heterocycles. The lowest BCUT2D eigenvalue weighted by atomic mass is 10.1. The quantitative estimate of drug-likeness (QED) is 0.905. The maximum atomic E-state index is 12.1. The average molecular weight is 346 g/mol. The maximum absolute atomic E-state index is 12.1. The molecule has 0 aliphatic carbocycles. The Balaban J connectivity index is 1.53. The maximum Gasteiger partial charge on any atom is 0.269 e. The van der Waals surface area contributed by atoms with Crippen LogP contribution in [0.15, 0.2) is 42.6 Å². The smallest absolute Gasteiger partial charge is 0.269 e. The number of carbonyl (C=O) groups is 1. The molecule has 0 radical (unpaired) electrons. The van der Waals surface area contributed by atoms with E-state index in [1.807, 2.05) is 18.2 Å². The molecule has 1 aromatic heterocycles. The van der Waals surface area contributed by atoms with Crippen LogP contribution in [-0.2, 0) is 0 Å². The van der Waals surface area contributed by atoms with Gasteiger partial charge in [0.05, 0.1) is 7.11 Å². The first-order chi connectivity index (χ1) is 11.7. The third-order valence-electron chi connectivity index (χ3n) is 4.21. The molecule has 24 heavy (non-hydrogen) atoms. The van der Waals surface area contributed by atoms with Crippen molar-refractivity contribution in [3.63, 3.8) is 0 Å². The number of nitrogens with one attached hydrogen (secondary N) is 1. The molecule has 1 atom stereocenters. The molecule has 2 aromatic rings. The van der Waals surface area contributed by atoms with Crippen molar-refractivity contribution in [2.24, 2.45) is 5.92 Å². The minimum absolute atomic E-state index is 0.183. The number of nitrogens with zero attached hydrogens (tertiary/aromatic N) is 2. The van der Waals surface area contributed by atoms with Gasteiger partial charge in [-0.05, 0) is 36.6 Å². The fourth-order valence-electron chi connectivity index (χ4n) is 2.90. The molecule has 2 heterocycles. The monoisotopic (exact) mass is 345 g/mol. The topological polar surface area (TPSA) is 54.5 Å². The fourth-order valence-corrected chi connectivity index (χ4v) is 3.06. The standard InChI is InChI=1S/C18H20ClN3O2/c1-24-16-4-2-3-15(10-16)22-8-6-13(12-22)11-21-18(23)17-9-14(19)5-7-20-17/h2-5,7,9-10,13H,6,8,11-12H2,1H3,(H,21,23)/t13-/m0/s1. The Morgan fingerprint density at radius 2 is 2.29 bits per heavy atom. The number of pyridine rings is 1. The molecule has 1 saturated heterocycles. The van der Waals surface area contributed by atoms with Gasteiger partial charge in [0.25, 0.3) is 5.91 Å². The van der Waals surface area contributed by atoms with Crippen LogP contribution < -0.4 is 15.0 Å². The second-order valence-corrected chi connectivity index (χ2v) is 6.31. The Bertz CT molecular complexity index is 723. The number of methoxy groups -OCH3 is 1. The SMILES string of the molecule is COc1cccc(N2CC[C@@H](CNC(=O)c3cc(Cl)ccn3)C2)c1. The first kappa shape index (κ1) is 16.6. The summed E-state index contributed by atoms with van der Waals surface area (Å²) < 4.78 is 5.28. The molecule has 0 spiro atoms. The zero-order chi connectivity index (χ0) is 16.9. The van der Waals surface area contributed by atoms with Crippen molar-refractivity contribution in [3.8, 4) is 5.75 Å². The summed E-state index contributed by atoms with van der Waals surface area (Å²) in [6.07, 6.45) is 2.58. The van der Waals surface area contributed by atoms with Crippen LogP contribution in [0.3, 0.4) is 0 Å². The second kappa shape index (κ2) is 7.53. The number of anilines is 1. The number of aromatic nitrogens is 1. The Morgan fingerprint density at radius 3 is 3.08 bits per heavy atom. The second-order valence-electron chi connectivity index (χ2n) is 5.87. The van der Waals surface area contributed by atoms with Gasteiger partial charge >= 0.3 is 0 Å². The lowest BCUT2D eigenvalue weighted by molar-refractivity contribution is 0.0943. The molecule has 1 aliphatic rings. The summed E-state index contributed by atoms with van der Waals surface area (Å²) in [6, 6.07) is 11.3. The Labute approximate surface area is 146 Å². The molecule has 1 amide bonds. The van der Waals surface area contributed by atoms with Crippen molar-refractivity contribution < 1.29 is 9.53 Å². The summed E-state index contributed by atoms with van der Waals surface area (Å²) in [5.74, 6) is 1.09. The lowest BCUT2D eigenvalue weighted by Gasteiger charge is -2.19. The number of hydrogen-bond acceptors (Lipinski definition) is 4. The van der Waals surface area contributed by atoms with Crippen molar-refractivity contribution in [3.05, 3.63) is 53.3 Å². The van der Waals surface area contributed by atoms with Gasteiger partial charge in [0.15, 0.2) is 0 Å². The van der Waals surface area contributed by atoms with Gasteiger partial charge in [-0.1, -0.05) is 17.7 Å². The lowest BCUT2D eigenvalue weighted by Crippen LogP contribution is -2.31. The van der Waals surface area contributed by atoms with E-state index in [-0.39, 0.29) is 5.91 Å². The Hall–Kier alpha value is -2.27. The van der Waals surface area contributed by atoms with E-state index in [9.17, 15) is 4.79 Å². The van der Waals surface area contributed by atoms with E-state index in [2.05, 4.69) is 21.3 Å². The average Bonchev–Trinajstić information content (AvgIpc) is 3.09. The minimum atomic E-state index is -0.183. The highest BCUT2D eigenvalue weighted by molar-refractivity contribution is 6.30. The number of benzene rings is 1. The van der Waals surface area contributed by atoms with Gasteiger partial charge in [0, 0.05) is 42.6 Å². The number of rotatable bonds is 5. The molecule has 126 valence electrons. The summed E-state index contributed by atoms with van der Waals surface area (Å²) in [6.45, 7) is 2.52. The molecule has 1 aromatic carbocycles. The zero-order valence-corrected chi connectivity index (χ0v) is 14.3. The summed E-state index contributed by atoms with van der Waals surface area (Å²) in [7, 11) is 1.67. The fraction of sp³-hybridized carbons (Fsp3) is 0.333. The van der Waals surface area contributed by atoms with E-state index in [1.54, 1.807) is 19.2 Å². The van der Waals surface area contributed by atoms with E-state index in [4.69, 9.17) is 16.3 Å². The van der Waals surface area contributed by atoms with Gasteiger partial charge < -0.3 is 15.0 Å². The highest BCUT2D eigenvalue weighted by Crippen LogP contribution is 2.26. The van der Waals surface area contributed by atoms with E-state index in [0.717, 1.165) is 30.9 Å². The van der Waals surface area contributed by atoms with Crippen molar-refractivity contribution >= 4 is 23.2 Å². The first-order valence-corrected chi connectivity index (χ1v) is 8.32. The van der Waals surface area contributed by atoms with Crippen LogP contribution in [0.25, 0.3) is 0 Å². The number of ether oxygens (including phenoxy) is 1. The number of hydrogen-bond donors (Lipinski definition) is 1. The van der Waals surface area contributed by atoms with Gasteiger partial charge in [0.2, 0.25) is 0 Å². The molecule has 1 fully saturated rings. The van der Waals surface area contributed by atoms with Gasteiger partial charge in [-0.25, -0.2) is 0 Å². The molecule has 0 unspecified atom stereocenters. The van der Waals surface area contributed by atoms with Crippen molar-refractivity contribution in [1.29, 1.82) is 0 Å². The number of amides is 1. The molecule has 5 nitrogen and oxygen atoms in total. The van der Waals surface area contributed by atoms with Crippen LogP contribution in [-0.4, -0.2) is 37.6 Å². The summed E-state index contributed by atoms with van der Waals surface area (Å²) in [5.41, 5.74) is 1.50. The van der Waals surface area contributed by atoms with E-state index in [0.29, 0.717) is 23.2 Å². The van der Waals surface area contributed by atoms with Crippen molar-refractivity contribution in [1.82, 2.24) is 10.3 Å². The molecule has 1 N–H and O–H groups in total. The molecule has 0 saturated carbocycles. The summed E-state index contributed by atoms with van der Waals surface area (Å²) in [4.78, 5) is 18.5. The van der Waals surface area contributed by atoms with Gasteiger partial charge in [0.1, 0.15) is 11.4 Å². The van der Waals surface area contributed by atoms with Gasteiger partial charge in [-0.15, -0.1) is 0 Å². The van der Waals surface area contributed by atoms with Crippen LogP contribution in [0.2, 0.25) is 5.02 Å². The molecular weight excluding hydrogens is 326 g/mol. The van der Waals surface area contributed by atoms with Crippen LogP contribution in [0.1, 0.15) is 16.9 Å². The van der Waals surface area contributed by atoms with Crippen LogP contribution in [0, 0.1) is 5.92 Å². The highest BCUT2D eigenvalue weighted by Gasteiger charge is 2.23. The molecule has 6 heteroatoms. The van der Waals surface area contributed by atoms with E-state index >= 15 is 0 Å². The summed E-state index contributed by atoms with van der Waals surface area (Å²) >= 11 is 5.89. The van der Waals surface area contributed by atoms with Crippen LogP contribution >= 0.6 is 11.6 Å². The van der Waals surface area contributed by atoms with Crippen molar-refractivity contribution in [2.75, 3.05) is 31.6 Å². The number of halogens is 1. The van der Waals surface area contributed by atoms with Crippen molar-refractivity contribution in [2.45, 2.75) is 6.42 Å². The molecule has 0 bridgehead atoms. The minimum Gasteiger partial charge on any atom is -0.497 e. The van der Waals surface area contributed by atoms with E-state index < -0.39 is 0 Å². The third kappa shape index (κ3) is 3.97. The first-order valence-electron chi connectivity index (χ1n) is 7.94. The van der Waals surface area contributed by atoms with Crippen LogP contribution in [0.4, 0.5) is 5.69 Å². The largest absolute Gasteiger partial charge is 0.497 e. The van der Waals surface area contributed by atoms with E-state index in [1.165, 1.54) is 6.20 Å². The number of carbonyl (C=O) groups excluding carboxylic acids is 1. The zero-order valence-electron chi connectivity index (χ0n) is 13.5. The summed E-state index contributed by atoms with van der Waals surface area (Å²) in [5, 5.41) is 3.47. The van der Waals surface area contributed by atoms with Crippen LogP contribution in [0.5, 0.6) is 5.75 Å². The molecule has 3 rings (SSSR count). The Kier molecular flexibility index (Phi) is 5.20. The Morgan fingerprint density at radius 1 is 1.42 bits per heavy atom. The highest BCUT2D eigenvalue weighted by atomic mass is 35.5. The third-order valence-corrected chi connectivity index (χ3v) is 4.45.